The van der Waals surface area contributed by atoms with Crippen molar-refractivity contribution in [3.05, 3.63) is 107 Å². The second kappa shape index (κ2) is 10.2. The fourth-order valence-corrected chi connectivity index (χ4v) is 3.44. The number of carbonyl (C=O) groups is 1. The Morgan fingerprint density at radius 3 is 2.61 bits per heavy atom. The number of ether oxygens (including phenoxy) is 2. The largest absolute Gasteiger partial charge is 0.493 e. The van der Waals surface area contributed by atoms with E-state index < -0.39 is 0 Å². The molecule has 1 N–H and O–H groups in total. The Morgan fingerprint density at radius 2 is 1.82 bits per heavy atom. The predicted octanol–water partition coefficient (Wildman–Crippen LogP) is 5.56. The van der Waals surface area contributed by atoms with E-state index in [0.717, 1.165) is 5.56 Å². The summed E-state index contributed by atoms with van der Waals surface area (Å²) in [5, 5.41) is 7.25. The second-order valence-corrected chi connectivity index (χ2v) is 7.62. The lowest BCUT2D eigenvalue weighted by molar-refractivity contribution is 0.102. The van der Waals surface area contributed by atoms with E-state index in [1.807, 2.05) is 30.3 Å². The summed E-state index contributed by atoms with van der Waals surface area (Å²) in [7, 11) is 1.58. The average molecular weight is 466 g/mol. The van der Waals surface area contributed by atoms with E-state index >= 15 is 0 Å². The van der Waals surface area contributed by atoms with Gasteiger partial charge in [-0.15, -0.1) is 0 Å². The minimum atomic E-state index is -0.368. The molecule has 4 rings (SSSR count). The number of carbonyl (C=O) groups excluding carboxylic acids is 1. The maximum atomic E-state index is 13.9. The van der Waals surface area contributed by atoms with Crippen molar-refractivity contribution in [2.45, 2.75) is 13.2 Å². The molecule has 1 heterocycles. The zero-order valence-corrected chi connectivity index (χ0v) is 18.6. The Morgan fingerprint density at radius 1 is 1.06 bits per heavy atom. The number of hydrogen-bond acceptors (Lipinski definition) is 4. The molecule has 168 valence electrons. The van der Waals surface area contributed by atoms with Gasteiger partial charge in [-0.05, 0) is 35.9 Å². The van der Waals surface area contributed by atoms with Crippen LogP contribution in [0.4, 0.5) is 10.2 Å². The lowest BCUT2D eigenvalue weighted by Crippen LogP contribution is -2.13. The van der Waals surface area contributed by atoms with Gasteiger partial charge in [0.15, 0.2) is 17.3 Å². The molecule has 8 heteroatoms. The Kier molecular flexibility index (Phi) is 6.90. The van der Waals surface area contributed by atoms with Gasteiger partial charge in [0, 0.05) is 17.3 Å². The lowest BCUT2D eigenvalue weighted by atomic mass is 10.1. The Labute approximate surface area is 195 Å². The summed E-state index contributed by atoms with van der Waals surface area (Å²) in [5.41, 5.74) is 1.71. The highest BCUT2D eigenvalue weighted by Gasteiger charge is 2.14. The van der Waals surface area contributed by atoms with E-state index in [2.05, 4.69) is 10.4 Å². The molecular weight excluding hydrogens is 445 g/mol. The minimum absolute atomic E-state index is 0.192. The highest BCUT2D eigenvalue weighted by atomic mass is 35.5. The van der Waals surface area contributed by atoms with Gasteiger partial charge in [0.25, 0.3) is 5.91 Å². The maximum absolute atomic E-state index is 13.9. The van der Waals surface area contributed by atoms with Crippen LogP contribution in [0.3, 0.4) is 0 Å². The number of anilines is 1. The molecule has 0 aliphatic heterocycles. The molecular formula is C25H21ClFN3O3. The van der Waals surface area contributed by atoms with Gasteiger partial charge in [-0.3, -0.25) is 9.48 Å². The van der Waals surface area contributed by atoms with Crippen LogP contribution in [0.2, 0.25) is 5.02 Å². The smallest absolute Gasteiger partial charge is 0.256 e. The van der Waals surface area contributed by atoms with Crippen molar-refractivity contribution in [2.75, 3.05) is 12.4 Å². The first kappa shape index (κ1) is 22.4. The number of methoxy groups -OCH3 is 1. The molecule has 0 atom stereocenters. The van der Waals surface area contributed by atoms with Crippen LogP contribution in [-0.2, 0) is 13.2 Å². The molecule has 0 aliphatic rings. The number of aromatic nitrogens is 2. The average Bonchev–Trinajstić information content (AvgIpc) is 3.18. The molecule has 0 saturated carbocycles. The van der Waals surface area contributed by atoms with Gasteiger partial charge in [0.1, 0.15) is 17.4 Å². The monoisotopic (exact) mass is 465 g/mol. The van der Waals surface area contributed by atoms with Crippen molar-refractivity contribution in [2.24, 2.45) is 0 Å². The first-order chi connectivity index (χ1) is 16.0. The normalized spacial score (nSPS) is 10.6. The van der Waals surface area contributed by atoms with Crippen LogP contribution in [-0.4, -0.2) is 22.8 Å². The molecule has 0 radical (unpaired) electrons. The number of para-hydroxylation sites is 2. The zero-order chi connectivity index (χ0) is 23.2. The van der Waals surface area contributed by atoms with Crippen molar-refractivity contribution in [3.8, 4) is 11.5 Å². The predicted molar refractivity (Wildman–Crippen MR) is 124 cm³/mol. The zero-order valence-electron chi connectivity index (χ0n) is 17.8. The molecule has 33 heavy (non-hydrogen) atoms. The number of rotatable bonds is 8. The molecule has 0 bridgehead atoms. The minimum Gasteiger partial charge on any atom is -0.493 e. The van der Waals surface area contributed by atoms with Crippen LogP contribution in [0.1, 0.15) is 21.5 Å². The van der Waals surface area contributed by atoms with E-state index in [1.54, 1.807) is 49.7 Å². The fraction of sp³-hybridized carbons (Fsp3) is 0.120. The van der Waals surface area contributed by atoms with E-state index in [4.69, 9.17) is 21.1 Å². The van der Waals surface area contributed by atoms with Crippen LogP contribution in [0.25, 0.3) is 0 Å². The van der Waals surface area contributed by atoms with Gasteiger partial charge in [-0.2, -0.15) is 5.10 Å². The standard InChI is InChI=1S/C25H21ClFN3O3/c1-32-22-11-4-5-12-23(22)33-16-17-7-6-9-18(13-17)25(31)28-24-20(26)15-30(29-24)14-19-8-2-3-10-21(19)27/h2-13,15H,14,16H2,1H3,(H,28,29,31). The van der Waals surface area contributed by atoms with Gasteiger partial charge in [-0.1, -0.05) is 54.1 Å². The third kappa shape index (κ3) is 5.51. The van der Waals surface area contributed by atoms with Crippen molar-refractivity contribution in [1.82, 2.24) is 9.78 Å². The van der Waals surface area contributed by atoms with Gasteiger partial charge in [-0.25, -0.2) is 4.39 Å². The highest BCUT2D eigenvalue weighted by molar-refractivity contribution is 6.33. The molecule has 6 nitrogen and oxygen atoms in total. The molecule has 0 fully saturated rings. The first-order valence-electron chi connectivity index (χ1n) is 10.2. The van der Waals surface area contributed by atoms with Crippen LogP contribution in [0.5, 0.6) is 11.5 Å². The summed E-state index contributed by atoms with van der Waals surface area (Å²) >= 11 is 6.24. The maximum Gasteiger partial charge on any atom is 0.256 e. The topological polar surface area (TPSA) is 65.4 Å². The van der Waals surface area contributed by atoms with Crippen LogP contribution in [0, 0.1) is 5.82 Å². The molecule has 1 aromatic heterocycles. The highest BCUT2D eigenvalue weighted by Crippen LogP contribution is 2.27. The Balaban J connectivity index is 1.43. The SMILES string of the molecule is COc1ccccc1OCc1cccc(C(=O)Nc2nn(Cc3ccccc3F)cc2Cl)c1. The molecule has 0 aliphatic carbocycles. The van der Waals surface area contributed by atoms with Crippen LogP contribution in [0.15, 0.2) is 79.0 Å². The number of amides is 1. The summed E-state index contributed by atoms with van der Waals surface area (Å²) in [5.74, 6) is 0.747. The summed E-state index contributed by atoms with van der Waals surface area (Å²) < 4.78 is 26.5. The number of benzene rings is 3. The second-order valence-electron chi connectivity index (χ2n) is 7.21. The number of nitrogens with zero attached hydrogens (tertiary/aromatic N) is 2. The summed E-state index contributed by atoms with van der Waals surface area (Å²) in [6, 6.07) is 20.8. The number of hydrogen-bond donors (Lipinski definition) is 1. The van der Waals surface area contributed by atoms with E-state index in [1.165, 1.54) is 10.7 Å². The van der Waals surface area contributed by atoms with Crippen molar-refractivity contribution >= 4 is 23.3 Å². The van der Waals surface area contributed by atoms with Crippen molar-refractivity contribution in [3.63, 3.8) is 0 Å². The van der Waals surface area contributed by atoms with Gasteiger partial charge in [0.2, 0.25) is 0 Å². The molecule has 0 saturated heterocycles. The molecule has 4 aromatic rings. The third-order valence-corrected chi connectivity index (χ3v) is 5.17. The molecule has 1 amide bonds. The van der Waals surface area contributed by atoms with Gasteiger partial charge in [0.05, 0.1) is 13.7 Å². The molecule has 0 unspecified atom stereocenters. The number of nitrogens with one attached hydrogen (secondary N) is 1. The van der Waals surface area contributed by atoms with Crippen LogP contribution >= 0.6 is 11.6 Å². The summed E-state index contributed by atoms with van der Waals surface area (Å²) in [6.07, 6.45) is 1.54. The van der Waals surface area contributed by atoms with E-state index in [-0.39, 0.29) is 35.7 Å². The van der Waals surface area contributed by atoms with Crippen molar-refractivity contribution in [1.29, 1.82) is 0 Å². The Hall–Kier alpha value is -3.84. The number of halogens is 2. The first-order valence-corrected chi connectivity index (χ1v) is 10.5. The fourth-order valence-electron chi connectivity index (χ4n) is 3.25. The van der Waals surface area contributed by atoms with Gasteiger partial charge < -0.3 is 14.8 Å². The van der Waals surface area contributed by atoms with E-state index in [0.29, 0.717) is 22.6 Å². The Bertz CT molecular complexity index is 1280. The van der Waals surface area contributed by atoms with Crippen molar-refractivity contribution < 1.29 is 18.7 Å². The third-order valence-electron chi connectivity index (χ3n) is 4.89. The van der Waals surface area contributed by atoms with Gasteiger partial charge >= 0.3 is 0 Å². The van der Waals surface area contributed by atoms with Crippen LogP contribution < -0.4 is 14.8 Å². The summed E-state index contributed by atoms with van der Waals surface area (Å²) in [4.78, 5) is 12.8. The van der Waals surface area contributed by atoms with E-state index in [9.17, 15) is 9.18 Å². The quantitative estimate of drug-likeness (QED) is 0.370. The molecule has 0 spiro atoms. The summed E-state index contributed by atoms with van der Waals surface area (Å²) in [6.45, 7) is 0.456. The lowest BCUT2D eigenvalue weighted by Gasteiger charge is -2.11. The molecule has 3 aromatic carbocycles.